The first-order valence-corrected chi connectivity index (χ1v) is 7.69. The number of nitrogens with zero attached hydrogens (tertiary/aromatic N) is 5. The van der Waals surface area contributed by atoms with Crippen LogP contribution in [0.15, 0.2) is 30.6 Å². The van der Waals surface area contributed by atoms with Crippen LogP contribution in [-0.2, 0) is 17.9 Å². The van der Waals surface area contributed by atoms with Crippen LogP contribution in [0.3, 0.4) is 0 Å². The van der Waals surface area contributed by atoms with Crippen LogP contribution in [0, 0.1) is 6.92 Å². The van der Waals surface area contributed by atoms with Crippen LogP contribution in [0.1, 0.15) is 31.5 Å². The Balaban J connectivity index is 1.75. The monoisotopic (exact) mass is 312 g/mol. The number of hydrogen-bond donors (Lipinski definition) is 1. The van der Waals surface area contributed by atoms with Crippen molar-refractivity contribution < 1.29 is 4.79 Å². The number of hydrogen-bond acceptors (Lipinski definition) is 4. The number of carbonyl (C=O) groups is 1. The fourth-order valence-corrected chi connectivity index (χ4v) is 2.74. The van der Waals surface area contributed by atoms with Gasteiger partial charge in [0.05, 0.1) is 17.1 Å². The summed E-state index contributed by atoms with van der Waals surface area (Å²) in [7, 11) is 0. The van der Waals surface area contributed by atoms with Gasteiger partial charge in [0.1, 0.15) is 24.5 Å². The van der Waals surface area contributed by atoms with Gasteiger partial charge in [-0.15, -0.1) is 0 Å². The van der Waals surface area contributed by atoms with E-state index in [-0.39, 0.29) is 18.5 Å². The SMILES string of the molecule is CCn1ncnc1[C@H](C)NC(=O)Cn1c(C)nc2ccccc21. The molecule has 1 aromatic carbocycles. The van der Waals surface area contributed by atoms with E-state index in [1.54, 1.807) is 4.68 Å². The first kappa shape index (κ1) is 15.2. The summed E-state index contributed by atoms with van der Waals surface area (Å²) in [5.41, 5.74) is 1.86. The summed E-state index contributed by atoms with van der Waals surface area (Å²) in [6.07, 6.45) is 1.51. The van der Waals surface area contributed by atoms with Crippen molar-refractivity contribution in [3.8, 4) is 0 Å². The van der Waals surface area contributed by atoms with Gasteiger partial charge in [-0.2, -0.15) is 5.10 Å². The molecule has 2 heterocycles. The second kappa shape index (κ2) is 6.20. The van der Waals surface area contributed by atoms with Crippen molar-refractivity contribution in [1.82, 2.24) is 29.6 Å². The molecular formula is C16H20N6O. The molecule has 0 saturated heterocycles. The molecule has 2 aromatic heterocycles. The predicted octanol–water partition coefficient (Wildman–Crippen LogP) is 1.83. The van der Waals surface area contributed by atoms with Gasteiger partial charge < -0.3 is 9.88 Å². The van der Waals surface area contributed by atoms with Crippen LogP contribution in [0.2, 0.25) is 0 Å². The molecule has 7 heteroatoms. The Labute approximate surface area is 134 Å². The number of fused-ring (bicyclic) bond motifs is 1. The maximum Gasteiger partial charge on any atom is 0.240 e. The quantitative estimate of drug-likeness (QED) is 0.779. The number of benzene rings is 1. The predicted molar refractivity (Wildman–Crippen MR) is 86.7 cm³/mol. The summed E-state index contributed by atoms with van der Waals surface area (Å²) >= 11 is 0. The lowest BCUT2D eigenvalue weighted by atomic mass is 10.3. The molecule has 0 unspecified atom stereocenters. The zero-order valence-corrected chi connectivity index (χ0v) is 13.5. The van der Waals surface area contributed by atoms with Gasteiger partial charge in [-0.1, -0.05) is 12.1 Å². The third kappa shape index (κ3) is 2.94. The molecular weight excluding hydrogens is 292 g/mol. The molecule has 0 aliphatic rings. The summed E-state index contributed by atoms with van der Waals surface area (Å²) in [6.45, 7) is 6.77. The lowest BCUT2D eigenvalue weighted by Gasteiger charge is -2.15. The molecule has 0 saturated carbocycles. The topological polar surface area (TPSA) is 77.6 Å². The Hall–Kier alpha value is -2.70. The van der Waals surface area contributed by atoms with Gasteiger partial charge in [-0.25, -0.2) is 14.6 Å². The molecule has 1 amide bonds. The normalized spacial score (nSPS) is 12.5. The second-order valence-corrected chi connectivity index (χ2v) is 5.46. The molecule has 1 atom stereocenters. The van der Waals surface area contributed by atoms with E-state index in [1.165, 1.54) is 6.33 Å². The Bertz CT molecular complexity index is 834. The number of imidazole rings is 1. The van der Waals surface area contributed by atoms with Crippen molar-refractivity contribution in [2.45, 2.75) is 39.9 Å². The highest BCUT2D eigenvalue weighted by Gasteiger charge is 2.16. The van der Waals surface area contributed by atoms with Crippen LogP contribution in [0.4, 0.5) is 0 Å². The second-order valence-electron chi connectivity index (χ2n) is 5.46. The summed E-state index contributed by atoms with van der Waals surface area (Å²) in [6, 6.07) is 7.62. The number of para-hydroxylation sites is 2. The highest BCUT2D eigenvalue weighted by atomic mass is 16.2. The highest BCUT2D eigenvalue weighted by molar-refractivity contribution is 5.81. The minimum absolute atomic E-state index is 0.0746. The molecule has 0 aliphatic heterocycles. The van der Waals surface area contributed by atoms with Crippen LogP contribution in [0.25, 0.3) is 11.0 Å². The van der Waals surface area contributed by atoms with E-state index in [1.807, 2.05) is 49.6 Å². The first-order valence-electron chi connectivity index (χ1n) is 7.69. The molecule has 23 heavy (non-hydrogen) atoms. The number of carbonyl (C=O) groups excluding carboxylic acids is 1. The minimum Gasteiger partial charge on any atom is -0.345 e. The van der Waals surface area contributed by atoms with Gasteiger partial charge >= 0.3 is 0 Å². The number of nitrogens with one attached hydrogen (secondary N) is 1. The third-order valence-electron chi connectivity index (χ3n) is 3.86. The van der Waals surface area contributed by atoms with Gasteiger partial charge in [0.25, 0.3) is 0 Å². The van der Waals surface area contributed by atoms with Crippen molar-refractivity contribution in [2.24, 2.45) is 0 Å². The van der Waals surface area contributed by atoms with Crippen molar-refractivity contribution in [3.63, 3.8) is 0 Å². The van der Waals surface area contributed by atoms with Gasteiger partial charge in [0.2, 0.25) is 5.91 Å². The van der Waals surface area contributed by atoms with Crippen molar-refractivity contribution >= 4 is 16.9 Å². The Morgan fingerprint density at radius 2 is 2.13 bits per heavy atom. The lowest BCUT2D eigenvalue weighted by molar-refractivity contribution is -0.122. The van der Waals surface area contributed by atoms with Crippen molar-refractivity contribution in [3.05, 3.63) is 42.2 Å². The molecule has 3 rings (SSSR count). The fourth-order valence-electron chi connectivity index (χ4n) is 2.74. The number of rotatable bonds is 5. The number of aromatic nitrogens is 5. The molecule has 0 radical (unpaired) electrons. The zero-order chi connectivity index (χ0) is 16.4. The molecule has 0 aliphatic carbocycles. The Morgan fingerprint density at radius 1 is 1.35 bits per heavy atom. The molecule has 3 aromatic rings. The summed E-state index contributed by atoms with van der Waals surface area (Å²) < 4.78 is 3.70. The minimum atomic E-state index is -0.194. The van der Waals surface area contributed by atoms with Crippen LogP contribution in [-0.4, -0.2) is 30.2 Å². The highest BCUT2D eigenvalue weighted by Crippen LogP contribution is 2.15. The van der Waals surface area contributed by atoms with E-state index in [2.05, 4.69) is 20.4 Å². The fraction of sp³-hybridized carbons (Fsp3) is 0.375. The van der Waals surface area contributed by atoms with Gasteiger partial charge in [-0.05, 0) is 32.9 Å². The van der Waals surface area contributed by atoms with Crippen LogP contribution < -0.4 is 5.32 Å². The molecule has 120 valence electrons. The van der Waals surface area contributed by atoms with E-state index >= 15 is 0 Å². The van der Waals surface area contributed by atoms with E-state index in [0.29, 0.717) is 0 Å². The average Bonchev–Trinajstić information content (AvgIpc) is 3.12. The largest absolute Gasteiger partial charge is 0.345 e. The van der Waals surface area contributed by atoms with Crippen molar-refractivity contribution in [2.75, 3.05) is 0 Å². The van der Waals surface area contributed by atoms with Crippen LogP contribution >= 0.6 is 0 Å². The average molecular weight is 312 g/mol. The summed E-state index contributed by atoms with van der Waals surface area (Å²) in [4.78, 5) is 21.1. The van der Waals surface area contributed by atoms with Crippen molar-refractivity contribution in [1.29, 1.82) is 0 Å². The molecule has 0 fully saturated rings. The zero-order valence-electron chi connectivity index (χ0n) is 13.5. The third-order valence-corrected chi connectivity index (χ3v) is 3.86. The van der Waals surface area contributed by atoms with Gasteiger partial charge in [0.15, 0.2) is 0 Å². The van der Waals surface area contributed by atoms with E-state index < -0.39 is 0 Å². The summed E-state index contributed by atoms with van der Waals surface area (Å²) in [5, 5.41) is 7.11. The Morgan fingerprint density at radius 3 is 2.91 bits per heavy atom. The maximum atomic E-state index is 12.4. The first-order chi connectivity index (χ1) is 11.1. The molecule has 0 bridgehead atoms. The smallest absolute Gasteiger partial charge is 0.240 e. The summed E-state index contributed by atoms with van der Waals surface area (Å²) in [5.74, 6) is 1.51. The lowest BCUT2D eigenvalue weighted by Crippen LogP contribution is -2.32. The van der Waals surface area contributed by atoms with Gasteiger partial charge in [0, 0.05) is 6.54 Å². The van der Waals surface area contributed by atoms with E-state index in [0.717, 1.165) is 29.2 Å². The standard InChI is InChI=1S/C16H20N6O/c1-4-22-16(17-10-18-22)11(2)19-15(23)9-21-12(3)20-13-7-5-6-8-14(13)21/h5-8,10-11H,4,9H2,1-3H3,(H,19,23)/t11-/m0/s1. The van der Waals surface area contributed by atoms with Crippen LogP contribution in [0.5, 0.6) is 0 Å². The molecule has 0 spiro atoms. The Kier molecular flexibility index (Phi) is 4.10. The molecule has 1 N–H and O–H groups in total. The number of aryl methyl sites for hydroxylation is 2. The van der Waals surface area contributed by atoms with E-state index in [4.69, 9.17) is 0 Å². The molecule has 7 nitrogen and oxygen atoms in total. The van der Waals surface area contributed by atoms with Gasteiger partial charge in [-0.3, -0.25) is 4.79 Å². The maximum absolute atomic E-state index is 12.4. The van der Waals surface area contributed by atoms with E-state index in [9.17, 15) is 4.79 Å². The number of amides is 1.